The molecule has 0 spiro atoms. The molecule has 0 aromatic heterocycles. The SMILES string of the molecule is CCCCCC(=NC)NC1=C(c2ccccc2)CN(C(=O)C2CNC2)CC1. The summed E-state index contributed by atoms with van der Waals surface area (Å²) in [6.07, 6.45) is 5.42. The van der Waals surface area contributed by atoms with Crippen LogP contribution in [0.4, 0.5) is 0 Å². The van der Waals surface area contributed by atoms with Gasteiger partial charge in [0.1, 0.15) is 5.84 Å². The molecule has 5 heteroatoms. The Bertz CT molecular complexity index is 692. The van der Waals surface area contributed by atoms with E-state index in [0.717, 1.165) is 44.7 Å². The molecule has 5 nitrogen and oxygen atoms in total. The molecule has 0 atom stereocenters. The maximum Gasteiger partial charge on any atom is 0.228 e. The number of unbranched alkanes of at least 4 members (excludes halogenated alkanes) is 2. The van der Waals surface area contributed by atoms with Crippen molar-refractivity contribution < 1.29 is 4.79 Å². The Balaban J connectivity index is 1.78. The van der Waals surface area contributed by atoms with Gasteiger partial charge in [0.2, 0.25) is 5.91 Å². The number of carbonyl (C=O) groups excluding carboxylic acids is 1. The van der Waals surface area contributed by atoms with Crippen LogP contribution in [-0.4, -0.2) is 49.9 Å². The molecule has 1 aromatic carbocycles. The van der Waals surface area contributed by atoms with Gasteiger partial charge in [0, 0.05) is 51.8 Å². The van der Waals surface area contributed by atoms with Gasteiger partial charge in [0.15, 0.2) is 0 Å². The number of nitrogens with zero attached hydrogens (tertiary/aromatic N) is 2. The maximum absolute atomic E-state index is 12.7. The first-order valence-corrected chi connectivity index (χ1v) is 10.2. The molecule has 1 aromatic rings. The molecule has 2 aliphatic heterocycles. The number of amides is 1. The van der Waals surface area contributed by atoms with E-state index < -0.39 is 0 Å². The van der Waals surface area contributed by atoms with Crippen LogP contribution < -0.4 is 10.6 Å². The van der Waals surface area contributed by atoms with Gasteiger partial charge in [-0.15, -0.1) is 0 Å². The molecule has 0 bridgehead atoms. The van der Waals surface area contributed by atoms with Gasteiger partial charge in [-0.25, -0.2) is 0 Å². The van der Waals surface area contributed by atoms with Crippen LogP contribution in [0, 0.1) is 5.92 Å². The highest BCUT2D eigenvalue weighted by atomic mass is 16.2. The van der Waals surface area contributed by atoms with E-state index in [2.05, 4.69) is 46.8 Å². The first-order valence-electron chi connectivity index (χ1n) is 10.2. The number of amidine groups is 1. The Morgan fingerprint density at radius 2 is 2.04 bits per heavy atom. The quantitative estimate of drug-likeness (QED) is 0.442. The number of rotatable bonds is 7. The average molecular weight is 369 g/mol. The van der Waals surface area contributed by atoms with Crippen LogP contribution in [0.2, 0.25) is 0 Å². The van der Waals surface area contributed by atoms with E-state index >= 15 is 0 Å². The standard InChI is InChI=1S/C22H32N4O/c1-3-4-6-11-21(23-2)25-20-12-13-26(22(27)18-14-24-15-18)16-19(20)17-9-7-5-8-10-17/h5,7-10,18,24H,3-4,6,11-16H2,1-2H3,(H,23,25). The summed E-state index contributed by atoms with van der Waals surface area (Å²) in [5.41, 5.74) is 3.63. The van der Waals surface area contributed by atoms with E-state index in [1.54, 1.807) is 0 Å². The highest BCUT2D eigenvalue weighted by Gasteiger charge is 2.32. The number of hydrogen-bond donors (Lipinski definition) is 2. The molecule has 3 rings (SSSR count). The van der Waals surface area contributed by atoms with Gasteiger partial charge in [-0.05, 0) is 17.6 Å². The van der Waals surface area contributed by atoms with Crippen molar-refractivity contribution in [1.82, 2.24) is 15.5 Å². The van der Waals surface area contributed by atoms with E-state index in [-0.39, 0.29) is 11.8 Å². The fourth-order valence-corrected chi connectivity index (χ4v) is 3.66. The largest absolute Gasteiger partial charge is 0.347 e. The molecule has 0 unspecified atom stereocenters. The second kappa shape index (κ2) is 9.70. The Morgan fingerprint density at radius 1 is 1.26 bits per heavy atom. The summed E-state index contributed by atoms with van der Waals surface area (Å²) in [6, 6.07) is 10.4. The minimum atomic E-state index is 0.151. The van der Waals surface area contributed by atoms with E-state index in [1.807, 2.05) is 18.0 Å². The zero-order chi connectivity index (χ0) is 19.1. The van der Waals surface area contributed by atoms with Crippen molar-refractivity contribution in [3.63, 3.8) is 0 Å². The first kappa shape index (κ1) is 19.6. The number of aliphatic imine (C=N–C) groups is 1. The third kappa shape index (κ3) is 4.98. The second-order valence-electron chi connectivity index (χ2n) is 7.44. The predicted octanol–water partition coefficient (Wildman–Crippen LogP) is 3.05. The fourth-order valence-electron chi connectivity index (χ4n) is 3.66. The molecule has 0 aliphatic carbocycles. The zero-order valence-corrected chi connectivity index (χ0v) is 16.6. The highest BCUT2D eigenvalue weighted by Crippen LogP contribution is 2.27. The smallest absolute Gasteiger partial charge is 0.228 e. The Morgan fingerprint density at radius 3 is 2.67 bits per heavy atom. The molecule has 2 N–H and O–H groups in total. The van der Waals surface area contributed by atoms with Crippen molar-refractivity contribution in [3.8, 4) is 0 Å². The van der Waals surface area contributed by atoms with Gasteiger partial charge in [-0.3, -0.25) is 9.79 Å². The summed E-state index contributed by atoms with van der Waals surface area (Å²) in [5.74, 6) is 1.49. The molecule has 2 aliphatic rings. The van der Waals surface area contributed by atoms with Gasteiger partial charge in [0.05, 0.1) is 5.92 Å². The van der Waals surface area contributed by atoms with Crippen LogP contribution in [0.3, 0.4) is 0 Å². The zero-order valence-electron chi connectivity index (χ0n) is 16.6. The lowest BCUT2D eigenvalue weighted by Crippen LogP contribution is -2.53. The number of benzene rings is 1. The van der Waals surface area contributed by atoms with E-state index in [4.69, 9.17) is 0 Å². The van der Waals surface area contributed by atoms with Gasteiger partial charge in [-0.2, -0.15) is 0 Å². The Kier molecular flexibility index (Phi) is 7.04. The van der Waals surface area contributed by atoms with E-state index in [0.29, 0.717) is 6.54 Å². The monoisotopic (exact) mass is 368 g/mol. The number of hydrogen-bond acceptors (Lipinski definition) is 3. The lowest BCUT2D eigenvalue weighted by atomic mass is 9.95. The molecule has 1 fully saturated rings. The number of carbonyl (C=O) groups is 1. The number of nitrogens with one attached hydrogen (secondary N) is 2. The van der Waals surface area contributed by atoms with Crippen LogP contribution >= 0.6 is 0 Å². The minimum absolute atomic E-state index is 0.151. The molecule has 0 radical (unpaired) electrons. The van der Waals surface area contributed by atoms with Crippen LogP contribution in [0.15, 0.2) is 41.0 Å². The maximum atomic E-state index is 12.7. The molecule has 2 heterocycles. The molecule has 1 amide bonds. The second-order valence-corrected chi connectivity index (χ2v) is 7.44. The average Bonchev–Trinajstić information content (AvgIpc) is 2.66. The van der Waals surface area contributed by atoms with Crippen molar-refractivity contribution in [1.29, 1.82) is 0 Å². The normalized spacial score (nSPS) is 18.4. The summed E-state index contributed by atoms with van der Waals surface area (Å²) in [5, 5.41) is 6.81. The van der Waals surface area contributed by atoms with Gasteiger partial charge < -0.3 is 15.5 Å². The van der Waals surface area contributed by atoms with Crippen LogP contribution in [0.5, 0.6) is 0 Å². The molecule has 146 valence electrons. The molecular formula is C22H32N4O. The molecule has 27 heavy (non-hydrogen) atoms. The fraction of sp³-hybridized carbons (Fsp3) is 0.545. The van der Waals surface area contributed by atoms with E-state index in [1.165, 1.54) is 29.7 Å². The predicted molar refractivity (Wildman–Crippen MR) is 112 cm³/mol. The topological polar surface area (TPSA) is 56.7 Å². The lowest BCUT2D eigenvalue weighted by molar-refractivity contribution is -0.136. The highest BCUT2D eigenvalue weighted by molar-refractivity contribution is 5.88. The summed E-state index contributed by atoms with van der Waals surface area (Å²) in [6.45, 7) is 5.30. The Hall–Kier alpha value is -2.14. The minimum Gasteiger partial charge on any atom is -0.347 e. The van der Waals surface area contributed by atoms with Crippen molar-refractivity contribution in [2.45, 2.75) is 39.0 Å². The van der Waals surface area contributed by atoms with Gasteiger partial charge >= 0.3 is 0 Å². The summed E-state index contributed by atoms with van der Waals surface area (Å²) in [7, 11) is 1.86. The van der Waals surface area contributed by atoms with Crippen LogP contribution in [0.1, 0.15) is 44.6 Å². The van der Waals surface area contributed by atoms with Crippen molar-refractivity contribution in [2.75, 3.05) is 33.2 Å². The third-order valence-corrected chi connectivity index (χ3v) is 5.49. The first-order chi connectivity index (χ1) is 13.2. The molecule has 1 saturated heterocycles. The lowest BCUT2D eigenvalue weighted by Gasteiger charge is -2.36. The summed E-state index contributed by atoms with van der Waals surface area (Å²) in [4.78, 5) is 19.2. The van der Waals surface area contributed by atoms with Crippen molar-refractivity contribution in [2.24, 2.45) is 10.9 Å². The molecule has 0 saturated carbocycles. The van der Waals surface area contributed by atoms with Crippen molar-refractivity contribution in [3.05, 3.63) is 41.6 Å². The third-order valence-electron chi connectivity index (χ3n) is 5.49. The Labute approximate surface area is 162 Å². The summed E-state index contributed by atoms with van der Waals surface area (Å²) >= 11 is 0. The van der Waals surface area contributed by atoms with Crippen LogP contribution in [0.25, 0.3) is 5.57 Å². The van der Waals surface area contributed by atoms with Crippen LogP contribution in [-0.2, 0) is 4.79 Å². The summed E-state index contributed by atoms with van der Waals surface area (Å²) < 4.78 is 0. The van der Waals surface area contributed by atoms with E-state index in [9.17, 15) is 4.79 Å². The van der Waals surface area contributed by atoms with Crippen molar-refractivity contribution >= 4 is 17.3 Å². The molecular weight excluding hydrogens is 336 g/mol. The van der Waals surface area contributed by atoms with Gasteiger partial charge in [0.25, 0.3) is 0 Å². The van der Waals surface area contributed by atoms with Gasteiger partial charge in [-0.1, -0.05) is 50.1 Å².